The maximum absolute atomic E-state index is 12.9. The van der Waals surface area contributed by atoms with E-state index in [0.717, 1.165) is 11.8 Å². The van der Waals surface area contributed by atoms with Gasteiger partial charge in [-0.25, -0.2) is 9.97 Å². The molecule has 3 aromatic rings. The Bertz CT molecular complexity index is 1240. The molecule has 12 heteroatoms. The van der Waals surface area contributed by atoms with E-state index in [1.54, 1.807) is 18.4 Å². The van der Waals surface area contributed by atoms with Crippen LogP contribution < -0.4 is 15.0 Å². The summed E-state index contributed by atoms with van der Waals surface area (Å²) < 4.78 is 49.6. The minimum absolute atomic E-state index is 0.00698. The summed E-state index contributed by atoms with van der Waals surface area (Å²) in [6, 6.07) is 7.09. The fourth-order valence-electron chi connectivity index (χ4n) is 2.57. The first kappa shape index (κ1) is 22.5. The monoisotopic (exact) mass is 468 g/mol. The van der Waals surface area contributed by atoms with E-state index < -0.39 is 22.3 Å². The molecule has 160 valence electrons. The molecule has 0 fully saturated rings. The van der Waals surface area contributed by atoms with Crippen LogP contribution >= 0.6 is 23.4 Å². The van der Waals surface area contributed by atoms with Crippen LogP contribution in [0.3, 0.4) is 0 Å². The summed E-state index contributed by atoms with van der Waals surface area (Å²) in [4.78, 5) is 22.7. The number of ether oxygens (including phenoxy) is 2. The third-order valence-electron chi connectivity index (χ3n) is 3.99. The number of halogens is 4. The zero-order valence-electron chi connectivity index (χ0n) is 15.9. The smallest absolute Gasteiger partial charge is 0.417 e. The molecule has 2 aromatic heterocycles. The first-order valence-electron chi connectivity index (χ1n) is 8.36. The van der Waals surface area contributed by atoms with Gasteiger partial charge < -0.3 is 14.5 Å². The Morgan fingerprint density at radius 3 is 2.65 bits per heavy atom. The zero-order chi connectivity index (χ0) is 22.8. The van der Waals surface area contributed by atoms with Crippen molar-refractivity contribution in [2.75, 3.05) is 13.4 Å². The number of hydrogen-bond donors (Lipinski definition) is 1. The normalized spacial score (nSPS) is 11.1. The second-order valence-electron chi connectivity index (χ2n) is 5.86. The molecule has 2 heterocycles. The van der Waals surface area contributed by atoms with Gasteiger partial charge >= 0.3 is 6.18 Å². The average molecular weight is 469 g/mol. The number of aromatic nitrogens is 3. The molecule has 1 aromatic carbocycles. The molecule has 0 spiro atoms. The lowest BCUT2D eigenvalue weighted by atomic mass is 10.1. The summed E-state index contributed by atoms with van der Waals surface area (Å²) >= 11 is 7.11. The summed E-state index contributed by atoms with van der Waals surface area (Å²) in [5, 5.41) is 9.31. The van der Waals surface area contributed by atoms with E-state index in [9.17, 15) is 23.2 Å². The van der Waals surface area contributed by atoms with Crippen LogP contribution in [0.25, 0.3) is 11.3 Å². The first-order valence-corrected chi connectivity index (χ1v) is 9.96. The number of nitrogens with zero attached hydrogens (tertiary/aromatic N) is 3. The van der Waals surface area contributed by atoms with Gasteiger partial charge in [0.15, 0.2) is 16.7 Å². The van der Waals surface area contributed by atoms with Crippen molar-refractivity contribution < 1.29 is 22.6 Å². The largest absolute Gasteiger partial charge is 0.493 e. The van der Waals surface area contributed by atoms with Crippen molar-refractivity contribution >= 4 is 23.4 Å². The Hall–Kier alpha value is -3.23. The van der Waals surface area contributed by atoms with Crippen molar-refractivity contribution in [1.29, 1.82) is 5.26 Å². The van der Waals surface area contributed by atoms with Crippen LogP contribution in [0.1, 0.15) is 11.1 Å². The molecule has 0 aliphatic rings. The lowest BCUT2D eigenvalue weighted by molar-refractivity contribution is -0.137. The molecule has 7 nitrogen and oxygen atoms in total. The van der Waals surface area contributed by atoms with Gasteiger partial charge in [-0.2, -0.15) is 18.4 Å². The number of methoxy groups -OCH3 is 1. The Labute approximate surface area is 182 Å². The Morgan fingerprint density at radius 1 is 1.32 bits per heavy atom. The lowest BCUT2D eigenvalue weighted by Crippen LogP contribution is -2.15. The van der Waals surface area contributed by atoms with Crippen LogP contribution in [-0.4, -0.2) is 28.3 Å². The van der Waals surface area contributed by atoms with Gasteiger partial charge in [-0.15, -0.1) is 0 Å². The van der Waals surface area contributed by atoms with E-state index >= 15 is 0 Å². The van der Waals surface area contributed by atoms with E-state index in [4.69, 9.17) is 21.1 Å². The predicted molar refractivity (Wildman–Crippen MR) is 108 cm³/mol. The first-order chi connectivity index (χ1) is 14.7. The highest BCUT2D eigenvalue weighted by Crippen LogP contribution is 2.42. The van der Waals surface area contributed by atoms with E-state index in [1.165, 1.54) is 19.2 Å². The van der Waals surface area contributed by atoms with Gasteiger partial charge in [-0.3, -0.25) is 4.79 Å². The number of para-hydroxylation sites is 1. The maximum Gasteiger partial charge on any atom is 0.417 e. The van der Waals surface area contributed by atoms with Gasteiger partial charge in [0.05, 0.1) is 12.7 Å². The van der Waals surface area contributed by atoms with E-state index in [-0.39, 0.29) is 39.4 Å². The molecule has 0 bridgehead atoms. The number of H-pyrrole nitrogens is 1. The number of nitrogens with one attached hydrogen (secondary N) is 1. The van der Waals surface area contributed by atoms with E-state index in [0.29, 0.717) is 12.3 Å². The number of pyridine rings is 1. The molecule has 0 saturated carbocycles. The van der Waals surface area contributed by atoms with Gasteiger partial charge in [0, 0.05) is 11.8 Å². The SMILES string of the molecule is COc1cccc(-c2nc(SC)[nH]c(=O)c2C#N)c1Oc1ncc(C(F)(F)F)cc1Cl. The van der Waals surface area contributed by atoms with E-state index in [1.807, 2.05) is 0 Å². The molecule has 1 N–H and O–H groups in total. The zero-order valence-corrected chi connectivity index (χ0v) is 17.4. The summed E-state index contributed by atoms with van der Waals surface area (Å²) in [5.41, 5.74) is -1.78. The Balaban J connectivity index is 2.20. The van der Waals surface area contributed by atoms with Crippen LogP contribution in [0.2, 0.25) is 5.02 Å². The van der Waals surface area contributed by atoms with Crippen molar-refractivity contribution in [3.05, 3.63) is 57.0 Å². The molecule has 0 aliphatic heterocycles. The maximum atomic E-state index is 12.9. The number of aromatic amines is 1. The van der Waals surface area contributed by atoms with Crippen LogP contribution in [0.5, 0.6) is 17.4 Å². The van der Waals surface area contributed by atoms with Gasteiger partial charge in [-0.1, -0.05) is 29.4 Å². The molecule has 31 heavy (non-hydrogen) atoms. The molecule has 0 saturated heterocycles. The van der Waals surface area contributed by atoms with Crippen molar-refractivity contribution in [2.45, 2.75) is 11.3 Å². The standard InChI is InChI=1S/C19H12ClF3N4O3S/c1-29-13-5-3-4-10(14-11(7-24)16(28)27-18(26-14)31-2)15(13)30-17-12(20)6-9(8-25-17)19(21,22)23/h3-6,8H,1-2H3,(H,26,27,28). The van der Waals surface area contributed by atoms with Crippen molar-refractivity contribution in [1.82, 2.24) is 15.0 Å². The summed E-state index contributed by atoms with van der Waals surface area (Å²) in [5.74, 6) is -0.193. The Kier molecular flexibility index (Phi) is 6.42. The second kappa shape index (κ2) is 8.87. The van der Waals surface area contributed by atoms with Gasteiger partial charge in [0.25, 0.3) is 5.56 Å². The number of rotatable bonds is 5. The minimum atomic E-state index is -4.63. The summed E-state index contributed by atoms with van der Waals surface area (Å²) in [6.07, 6.45) is -2.37. The van der Waals surface area contributed by atoms with Crippen LogP contribution in [0, 0.1) is 11.3 Å². The van der Waals surface area contributed by atoms with Gasteiger partial charge in [-0.05, 0) is 24.5 Å². The highest BCUT2D eigenvalue weighted by molar-refractivity contribution is 7.98. The molecule has 0 amide bonds. The molecule has 3 rings (SSSR count). The highest BCUT2D eigenvalue weighted by atomic mass is 35.5. The molecule has 0 aliphatic carbocycles. The van der Waals surface area contributed by atoms with E-state index in [2.05, 4.69) is 15.0 Å². The highest BCUT2D eigenvalue weighted by Gasteiger charge is 2.32. The molecule has 0 unspecified atom stereocenters. The van der Waals surface area contributed by atoms with Gasteiger partial charge in [0.1, 0.15) is 22.3 Å². The third kappa shape index (κ3) is 4.60. The number of nitriles is 1. The van der Waals surface area contributed by atoms with Crippen molar-refractivity contribution in [3.63, 3.8) is 0 Å². The lowest BCUT2D eigenvalue weighted by Gasteiger charge is -2.16. The van der Waals surface area contributed by atoms with Crippen molar-refractivity contribution in [2.24, 2.45) is 0 Å². The topological polar surface area (TPSA) is 101 Å². The molecule has 0 atom stereocenters. The van der Waals surface area contributed by atoms with Crippen LogP contribution in [-0.2, 0) is 6.18 Å². The number of hydrogen-bond acceptors (Lipinski definition) is 7. The van der Waals surface area contributed by atoms with Crippen LogP contribution in [0.4, 0.5) is 13.2 Å². The summed E-state index contributed by atoms with van der Waals surface area (Å²) in [7, 11) is 1.34. The minimum Gasteiger partial charge on any atom is -0.493 e. The fourth-order valence-corrected chi connectivity index (χ4v) is 3.15. The molecular formula is C19H12ClF3N4O3S. The third-order valence-corrected chi connectivity index (χ3v) is 4.84. The van der Waals surface area contributed by atoms with Crippen LogP contribution in [0.15, 0.2) is 40.4 Å². The van der Waals surface area contributed by atoms with Crippen molar-refractivity contribution in [3.8, 4) is 34.7 Å². The average Bonchev–Trinajstić information content (AvgIpc) is 2.73. The fraction of sp³-hybridized carbons (Fsp3) is 0.158. The Morgan fingerprint density at radius 2 is 2.06 bits per heavy atom. The number of thioether (sulfide) groups is 1. The second-order valence-corrected chi connectivity index (χ2v) is 7.06. The predicted octanol–water partition coefficient (Wildman–Crippen LogP) is 4.90. The van der Waals surface area contributed by atoms with Gasteiger partial charge in [0.2, 0.25) is 5.88 Å². The number of benzene rings is 1. The molecular weight excluding hydrogens is 457 g/mol. The summed E-state index contributed by atoms with van der Waals surface area (Å²) in [6.45, 7) is 0. The number of alkyl halides is 3. The molecule has 0 radical (unpaired) electrons. The quantitative estimate of drug-likeness (QED) is 0.420.